The van der Waals surface area contributed by atoms with E-state index in [4.69, 9.17) is 0 Å². The van der Waals surface area contributed by atoms with E-state index in [0.29, 0.717) is 0 Å². The quantitative estimate of drug-likeness (QED) is 0.174. The van der Waals surface area contributed by atoms with E-state index in [9.17, 15) is 59.3 Å². The summed E-state index contributed by atoms with van der Waals surface area (Å²) in [6, 6.07) is -2.92. The molecule has 35 heavy (non-hydrogen) atoms. The molecule has 0 aromatic heterocycles. The third-order valence-corrected chi connectivity index (χ3v) is 5.84. The Hall–Kier alpha value is -2.23. The van der Waals surface area contributed by atoms with Gasteiger partial charge >= 0.3 is 30.5 Å². The van der Waals surface area contributed by atoms with Crippen LogP contribution in [-0.2, 0) is 9.53 Å². The van der Waals surface area contributed by atoms with E-state index in [1.807, 2.05) is 5.32 Å². The summed E-state index contributed by atoms with van der Waals surface area (Å²) >= 11 is 0. The number of nitrogens with one attached hydrogen (secondary N) is 2. The van der Waals surface area contributed by atoms with Gasteiger partial charge in [0.15, 0.2) is 5.60 Å². The molecule has 0 aliphatic heterocycles. The number of ether oxygens (including phenoxy) is 1. The summed E-state index contributed by atoms with van der Waals surface area (Å²) in [5.41, 5.74) is -9.09. The smallest absolute Gasteiger partial charge is 0.426 e. The van der Waals surface area contributed by atoms with Crippen molar-refractivity contribution < 1.29 is 64.1 Å². The largest absolute Gasteiger partial charge is 0.460 e. The van der Waals surface area contributed by atoms with Crippen LogP contribution in [0.3, 0.4) is 0 Å². The highest BCUT2D eigenvalue weighted by Gasteiger charge is 2.74. The van der Waals surface area contributed by atoms with Crippen LogP contribution >= 0.6 is 0 Å². The molecule has 0 aromatic rings. The average molecular weight is 532 g/mol. The number of carbonyl (C=O) groups excluding carboxylic acids is 2. The third-order valence-electron chi connectivity index (χ3n) is 5.84. The van der Waals surface area contributed by atoms with Crippen LogP contribution in [0.1, 0.15) is 33.1 Å². The number of esters is 1. The highest BCUT2D eigenvalue weighted by Crippen LogP contribution is 2.54. The standard InChI is InChI=1S/C19H25F9N2O5/c1-9(2)13(31)35-5-4-29-14(32)30-12-7-10(15(3,33)17(20,21)22)6-11(8-12)16(34,18(23,24)25)19(26,27)28/h10-12,33-34H,1,4-8H2,2-3H3,(H2,29,30,32). The van der Waals surface area contributed by atoms with Crippen molar-refractivity contribution in [2.24, 2.45) is 11.8 Å². The van der Waals surface area contributed by atoms with Crippen LogP contribution in [0.2, 0.25) is 0 Å². The van der Waals surface area contributed by atoms with Gasteiger partial charge in [-0.05, 0) is 39.0 Å². The second-order valence-electron chi connectivity index (χ2n) is 8.52. The van der Waals surface area contributed by atoms with Crippen molar-refractivity contribution in [1.82, 2.24) is 10.6 Å². The summed E-state index contributed by atoms with van der Waals surface area (Å²) in [6.07, 6.45) is -21.6. The monoisotopic (exact) mass is 532 g/mol. The zero-order valence-electron chi connectivity index (χ0n) is 18.5. The van der Waals surface area contributed by atoms with Gasteiger partial charge in [-0.15, -0.1) is 0 Å². The zero-order valence-corrected chi connectivity index (χ0v) is 18.5. The predicted octanol–water partition coefficient (Wildman–Crippen LogP) is 3.36. The molecule has 1 saturated carbocycles. The molecule has 4 unspecified atom stereocenters. The number of rotatable bonds is 7. The average Bonchev–Trinajstić information content (AvgIpc) is 2.67. The van der Waals surface area contributed by atoms with E-state index in [-0.39, 0.29) is 25.6 Å². The summed E-state index contributed by atoms with van der Waals surface area (Å²) in [4.78, 5) is 23.3. The topological polar surface area (TPSA) is 108 Å². The van der Waals surface area contributed by atoms with E-state index in [1.54, 1.807) is 0 Å². The predicted molar refractivity (Wildman–Crippen MR) is 101 cm³/mol. The number of aliphatic hydroxyl groups is 2. The molecule has 0 spiro atoms. The summed E-state index contributed by atoms with van der Waals surface area (Å²) in [7, 11) is 0. The normalized spacial score (nSPS) is 23.7. The Morgan fingerprint density at radius 3 is 1.83 bits per heavy atom. The van der Waals surface area contributed by atoms with Crippen molar-refractivity contribution >= 4 is 12.0 Å². The molecule has 204 valence electrons. The first-order valence-electron chi connectivity index (χ1n) is 10.1. The minimum Gasteiger partial charge on any atom is -0.460 e. The molecular weight excluding hydrogens is 507 g/mol. The molecule has 7 nitrogen and oxygen atoms in total. The fraction of sp³-hybridized carbons (Fsp3) is 0.789. The first-order chi connectivity index (χ1) is 15.6. The van der Waals surface area contributed by atoms with Crippen molar-refractivity contribution in [3.8, 4) is 0 Å². The molecule has 0 aromatic carbocycles. The van der Waals surface area contributed by atoms with E-state index in [2.05, 4.69) is 16.6 Å². The lowest BCUT2D eigenvalue weighted by Gasteiger charge is -2.47. The second kappa shape index (κ2) is 10.4. The first kappa shape index (κ1) is 30.8. The van der Waals surface area contributed by atoms with Gasteiger partial charge in [0.2, 0.25) is 0 Å². The molecule has 1 fully saturated rings. The van der Waals surface area contributed by atoms with Crippen LogP contribution in [0.5, 0.6) is 0 Å². The molecule has 0 heterocycles. The Kier molecular flexibility index (Phi) is 9.16. The van der Waals surface area contributed by atoms with Crippen molar-refractivity contribution in [2.75, 3.05) is 13.2 Å². The van der Waals surface area contributed by atoms with Crippen molar-refractivity contribution in [3.63, 3.8) is 0 Å². The summed E-state index contributed by atoms with van der Waals surface area (Å²) in [6.45, 7) is 4.06. The summed E-state index contributed by atoms with van der Waals surface area (Å²) < 4.78 is 125. The number of halogens is 9. The maximum absolute atomic E-state index is 13.4. The van der Waals surface area contributed by atoms with E-state index in [0.717, 1.165) is 0 Å². The number of carbonyl (C=O) groups is 2. The van der Waals surface area contributed by atoms with Gasteiger partial charge in [-0.1, -0.05) is 6.58 Å². The minimum absolute atomic E-state index is 0.0345. The number of amides is 2. The van der Waals surface area contributed by atoms with E-state index < -0.39 is 78.9 Å². The van der Waals surface area contributed by atoms with Crippen molar-refractivity contribution in [3.05, 3.63) is 12.2 Å². The van der Waals surface area contributed by atoms with Gasteiger partial charge in [0, 0.05) is 17.5 Å². The van der Waals surface area contributed by atoms with Gasteiger partial charge in [0.25, 0.3) is 5.60 Å². The van der Waals surface area contributed by atoms with E-state index in [1.165, 1.54) is 6.92 Å². The second-order valence-corrected chi connectivity index (χ2v) is 8.52. The van der Waals surface area contributed by atoms with Crippen LogP contribution in [0.4, 0.5) is 44.3 Å². The molecule has 0 saturated heterocycles. The zero-order chi connectivity index (χ0) is 27.6. The maximum atomic E-state index is 13.4. The molecule has 16 heteroatoms. The molecule has 4 atom stereocenters. The van der Waals surface area contributed by atoms with E-state index >= 15 is 0 Å². The maximum Gasteiger partial charge on any atom is 0.426 e. The van der Waals surface area contributed by atoms with Crippen LogP contribution in [0, 0.1) is 11.8 Å². The van der Waals surface area contributed by atoms with Gasteiger partial charge in [0.05, 0.1) is 6.54 Å². The number of hydrogen-bond donors (Lipinski definition) is 4. The highest BCUT2D eigenvalue weighted by molar-refractivity contribution is 5.86. The first-order valence-corrected chi connectivity index (χ1v) is 10.1. The highest BCUT2D eigenvalue weighted by atomic mass is 19.4. The lowest BCUT2D eigenvalue weighted by Crippen LogP contribution is -2.65. The Morgan fingerprint density at radius 2 is 1.40 bits per heavy atom. The molecule has 2 amide bonds. The van der Waals surface area contributed by atoms with Crippen LogP contribution < -0.4 is 10.6 Å². The number of urea groups is 1. The number of hydrogen-bond acceptors (Lipinski definition) is 5. The van der Waals surface area contributed by atoms with Gasteiger partial charge in [-0.2, -0.15) is 39.5 Å². The molecule has 1 aliphatic carbocycles. The lowest BCUT2D eigenvalue weighted by molar-refractivity contribution is -0.390. The van der Waals surface area contributed by atoms with Gasteiger partial charge in [-0.25, -0.2) is 9.59 Å². The van der Waals surface area contributed by atoms with Crippen molar-refractivity contribution in [2.45, 2.75) is 68.9 Å². The molecule has 4 N–H and O–H groups in total. The fourth-order valence-electron chi connectivity index (χ4n) is 3.76. The third kappa shape index (κ3) is 6.92. The Bertz CT molecular complexity index is 779. The molecular formula is C19H25F9N2O5. The molecule has 0 bridgehead atoms. The Morgan fingerprint density at radius 1 is 0.914 bits per heavy atom. The minimum atomic E-state index is -6.32. The van der Waals surface area contributed by atoms with Crippen LogP contribution in [0.15, 0.2) is 12.2 Å². The Labute approximate surface area is 193 Å². The molecule has 1 rings (SSSR count). The van der Waals surface area contributed by atoms with Crippen molar-refractivity contribution in [1.29, 1.82) is 0 Å². The lowest BCUT2D eigenvalue weighted by atomic mass is 9.65. The summed E-state index contributed by atoms with van der Waals surface area (Å²) in [5.74, 6) is -5.92. The Balaban J connectivity index is 3.14. The van der Waals surface area contributed by atoms with Gasteiger partial charge in [0.1, 0.15) is 6.61 Å². The SMILES string of the molecule is C=C(C)C(=O)OCCNC(=O)NC1CC(C(C)(O)C(F)(F)F)CC(C(O)(C(F)(F)F)C(F)(F)F)C1. The van der Waals surface area contributed by atoms with Gasteiger partial charge < -0.3 is 25.6 Å². The summed E-state index contributed by atoms with van der Waals surface area (Å²) in [5, 5.41) is 23.7. The van der Waals surface area contributed by atoms with Crippen LogP contribution in [0.25, 0.3) is 0 Å². The molecule has 0 radical (unpaired) electrons. The molecule has 1 aliphatic rings. The van der Waals surface area contributed by atoms with Gasteiger partial charge in [-0.3, -0.25) is 0 Å². The van der Waals surface area contributed by atoms with Crippen LogP contribution in [-0.4, -0.2) is 71.1 Å². The fourth-order valence-corrected chi connectivity index (χ4v) is 3.76. The number of alkyl halides is 9.